The minimum Gasteiger partial charge on any atom is -0.340 e. The van der Waals surface area contributed by atoms with Gasteiger partial charge in [-0.2, -0.15) is 0 Å². The zero-order chi connectivity index (χ0) is 21.8. The third kappa shape index (κ3) is 4.40. The van der Waals surface area contributed by atoms with Crippen molar-refractivity contribution in [1.29, 1.82) is 0 Å². The second-order valence-electron chi connectivity index (χ2n) is 8.04. The van der Waals surface area contributed by atoms with Crippen LogP contribution in [0.2, 0.25) is 0 Å². The van der Waals surface area contributed by atoms with E-state index in [4.69, 9.17) is 0 Å². The third-order valence-corrected chi connectivity index (χ3v) is 5.85. The van der Waals surface area contributed by atoms with E-state index in [0.717, 1.165) is 36.0 Å². The number of carbonyl (C=O) groups excluding carboxylic acids is 2. The molecule has 0 saturated carbocycles. The van der Waals surface area contributed by atoms with E-state index >= 15 is 0 Å². The standard InChI is InChI=1S/C24H28N4O3/c1-2-14-27-20-12-6-7-13-21(20)28(24(27)31)17-22(29)26-15-8-9-18(16-26)23(30)25-19-10-4-3-5-11-19/h3-7,10-13,18H,2,8-9,14-17H2,1H3,(H,25,30). The van der Waals surface area contributed by atoms with Gasteiger partial charge in [0, 0.05) is 25.3 Å². The van der Waals surface area contributed by atoms with Crippen molar-refractivity contribution < 1.29 is 9.59 Å². The first-order chi connectivity index (χ1) is 15.1. The van der Waals surface area contributed by atoms with Gasteiger partial charge in [-0.1, -0.05) is 37.3 Å². The topological polar surface area (TPSA) is 76.3 Å². The predicted octanol–water partition coefficient (Wildman–Crippen LogP) is 3.09. The number of likely N-dealkylation sites (tertiary alicyclic amines) is 1. The highest BCUT2D eigenvalue weighted by Gasteiger charge is 2.29. The molecule has 1 aromatic heterocycles. The summed E-state index contributed by atoms with van der Waals surface area (Å²) in [4.78, 5) is 40.5. The number of hydrogen-bond donors (Lipinski definition) is 1. The SMILES string of the molecule is CCCn1c(=O)n(CC(=O)N2CCCC(C(=O)Nc3ccccc3)C2)c2ccccc21. The van der Waals surface area contributed by atoms with Crippen LogP contribution in [0.25, 0.3) is 11.0 Å². The van der Waals surface area contributed by atoms with Crippen LogP contribution in [0.4, 0.5) is 5.69 Å². The average molecular weight is 421 g/mol. The van der Waals surface area contributed by atoms with E-state index in [2.05, 4.69) is 5.32 Å². The molecule has 7 nitrogen and oxygen atoms in total. The molecule has 1 aliphatic heterocycles. The molecule has 0 aliphatic carbocycles. The average Bonchev–Trinajstić information content (AvgIpc) is 3.06. The number of amides is 2. The summed E-state index contributed by atoms with van der Waals surface area (Å²) >= 11 is 0. The quantitative estimate of drug-likeness (QED) is 0.666. The number of aromatic nitrogens is 2. The Kier molecular flexibility index (Phi) is 6.21. The summed E-state index contributed by atoms with van der Waals surface area (Å²) in [6, 6.07) is 16.9. The third-order valence-electron chi connectivity index (χ3n) is 5.85. The van der Waals surface area contributed by atoms with Crippen molar-refractivity contribution in [3.63, 3.8) is 0 Å². The van der Waals surface area contributed by atoms with Crippen molar-refractivity contribution in [1.82, 2.24) is 14.0 Å². The molecule has 3 aromatic rings. The number of carbonyl (C=O) groups is 2. The van der Waals surface area contributed by atoms with Gasteiger partial charge in [-0.05, 0) is 43.5 Å². The number of rotatable bonds is 6. The van der Waals surface area contributed by atoms with Crippen LogP contribution in [-0.4, -0.2) is 38.9 Å². The van der Waals surface area contributed by atoms with Gasteiger partial charge in [0.1, 0.15) is 6.54 Å². The summed E-state index contributed by atoms with van der Waals surface area (Å²) in [5.74, 6) is -0.449. The van der Waals surface area contributed by atoms with Crippen molar-refractivity contribution >= 4 is 28.5 Å². The number of hydrogen-bond acceptors (Lipinski definition) is 3. The van der Waals surface area contributed by atoms with Gasteiger partial charge in [0.15, 0.2) is 0 Å². The number of aryl methyl sites for hydroxylation is 1. The van der Waals surface area contributed by atoms with Gasteiger partial charge in [0.2, 0.25) is 11.8 Å². The Labute approximate surface area is 181 Å². The number of nitrogens with one attached hydrogen (secondary N) is 1. The molecular formula is C24H28N4O3. The molecule has 2 heterocycles. The van der Waals surface area contributed by atoms with Crippen LogP contribution < -0.4 is 11.0 Å². The van der Waals surface area contributed by atoms with Gasteiger partial charge in [-0.3, -0.25) is 18.7 Å². The van der Waals surface area contributed by atoms with Crippen LogP contribution in [0.5, 0.6) is 0 Å². The predicted molar refractivity (Wildman–Crippen MR) is 121 cm³/mol. The van der Waals surface area contributed by atoms with E-state index in [1.165, 1.54) is 0 Å². The second-order valence-corrected chi connectivity index (χ2v) is 8.04. The van der Waals surface area contributed by atoms with Gasteiger partial charge in [0.25, 0.3) is 0 Å². The van der Waals surface area contributed by atoms with Gasteiger partial charge in [-0.15, -0.1) is 0 Å². The summed E-state index contributed by atoms with van der Waals surface area (Å²) in [6.45, 7) is 3.61. The van der Waals surface area contributed by atoms with Crippen molar-refractivity contribution in [2.45, 2.75) is 39.3 Å². The maximum atomic E-state index is 13.1. The number of para-hydroxylation sites is 3. The lowest BCUT2D eigenvalue weighted by atomic mass is 9.97. The Morgan fingerprint density at radius 3 is 2.39 bits per heavy atom. The van der Waals surface area contributed by atoms with Gasteiger partial charge < -0.3 is 10.2 Å². The van der Waals surface area contributed by atoms with Gasteiger partial charge in [-0.25, -0.2) is 4.79 Å². The molecule has 1 aliphatic rings. The first-order valence-corrected chi connectivity index (χ1v) is 10.9. The zero-order valence-corrected chi connectivity index (χ0v) is 17.8. The molecular weight excluding hydrogens is 392 g/mol. The highest BCUT2D eigenvalue weighted by Crippen LogP contribution is 2.20. The van der Waals surface area contributed by atoms with Crippen molar-refractivity contribution in [2.75, 3.05) is 18.4 Å². The Morgan fingerprint density at radius 2 is 1.68 bits per heavy atom. The van der Waals surface area contributed by atoms with Gasteiger partial charge >= 0.3 is 5.69 Å². The van der Waals surface area contributed by atoms with Crippen LogP contribution in [0.3, 0.4) is 0 Å². The van der Waals surface area contributed by atoms with Crippen molar-refractivity contribution in [3.05, 3.63) is 65.1 Å². The molecule has 7 heteroatoms. The highest BCUT2D eigenvalue weighted by molar-refractivity contribution is 5.93. The van der Waals surface area contributed by atoms with E-state index in [0.29, 0.717) is 19.6 Å². The fourth-order valence-corrected chi connectivity index (χ4v) is 4.28. The molecule has 0 radical (unpaired) electrons. The number of imidazole rings is 1. The number of anilines is 1. The summed E-state index contributed by atoms with van der Waals surface area (Å²) in [5.41, 5.74) is 2.21. The largest absolute Gasteiger partial charge is 0.340 e. The van der Waals surface area contributed by atoms with Crippen molar-refractivity contribution in [3.8, 4) is 0 Å². The van der Waals surface area contributed by atoms with E-state index in [-0.39, 0.29) is 30.0 Å². The molecule has 1 atom stereocenters. The molecule has 1 fully saturated rings. The smallest absolute Gasteiger partial charge is 0.329 e. The lowest BCUT2D eigenvalue weighted by Crippen LogP contribution is -2.45. The fourth-order valence-electron chi connectivity index (χ4n) is 4.28. The van der Waals surface area contributed by atoms with Crippen LogP contribution in [0.1, 0.15) is 26.2 Å². The summed E-state index contributed by atoms with van der Waals surface area (Å²) in [5, 5.41) is 2.94. The molecule has 1 N–H and O–H groups in total. The molecule has 162 valence electrons. The van der Waals surface area contributed by atoms with E-state index in [9.17, 15) is 14.4 Å². The van der Waals surface area contributed by atoms with Crippen LogP contribution in [-0.2, 0) is 22.7 Å². The van der Waals surface area contributed by atoms with E-state index < -0.39 is 0 Å². The lowest BCUT2D eigenvalue weighted by molar-refractivity contribution is -0.135. The Balaban J connectivity index is 1.48. The highest BCUT2D eigenvalue weighted by atomic mass is 16.2. The zero-order valence-electron chi connectivity index (χ0n) is 17.8. The second kappa shape index (κ2) is 9.20. The number of benzene rings is 2. The summed E-state index contributed by atoms with van der Waals surface area (Å²) in [7, 11) is 0. The Hall–Kier alpha value is -3.35. The minimum atomic E-state index is -0.254. The summed E-state index contributed by atoms with van der Waals surface area (Å²) < 4.78 is 3.29. The minimum absolute atomic E-state index is 0.0108. The Bertz CT molecular complexity index is 1130. The molecule has 1 unspecified atom stereocenters. The van der Waals surface area contributed by atoms with Crippen LogP contribution in [0.15, 0.2) is 59.4 Å². The molecule has 0 spiro atoms. The first-order valence-electron chi connectivity index (χ1n) is 10.9. The number of piperidine rings is 1. The maximum absolute atomic E-state index is 13.1. The molecule has 0 bridgehead atoms. The van der Waals surface area contributed by atoms with Gasteiger partial charge in [0.05, 0.1) is 17.0 Å². The van der Waals surface area contributed by atoms with Crippen molar-refractivity contribution in [2.24, 2.45) is 5.92 Å². The lowest BCUT2D eigenvalue weighted by Gasteiger charge is -2.32. The monoisotopic (exact) mass is 420 g/mol. The van der Waals surface area contributed by atoms with E-state index in [1.807, 2.05) is 61.5 Å². The fraction of sp³-hybridized carbons (Fsp3) is 0.375. The number of fused-ring (bicyclic) bond motifs is 1. The molecule has 2 amide bonds. The van der Waals surface area contributed by atoms with Crippen LogP contribution >= 0.6 is 0 Å². The van der Waals surface area contributed by atoms with Crippen LogP contribution in [0, 0.1) is 5.92 Å². The normalized spacial score (nSPS) is 16.4. The molecule has 4 rings (SSSR count). The number of nitrogens with zero attached hydrogens (tertiary/aromatic N) is 3. The Morgan fingerprint density at radius 1 is 1.00 bits per heavy atom. The molecule has 2 aromatic carbocycles. The maximum Gasteiger partial charge on any atom is 0.329 e. The van der Waals surface area contributed by atoms with E-state index in [1.54, 1.807) is 14.0 Å². The summed E-state index contributed by atoms with van der Waals surface area (Å²) in [6.07, 6.45) is 2.36. The molecule has 1 saturated heterocycles. The molecule has 31 heavy (non-hydrogen) atoms. The first kappa shape index (κ1) is 20.9.